The number of hydrogen-bond acceptors (Lipinski definition) is 3. The molecule has 0 N–H and O–H groups in total. The largest absolute Gasteiger partial charge is 0.260 e. The Kier molecular flexibility index (Phi) is 7.75. The lowest BCUT2D eigenvalue weighted by Gasteiger charge is -2.69. The van der Waals surface area contributed by atoms with Crippen LogP contribution in [0.15, 0.2) is 63.4 Å². The van der Waals surface area contributed by atoms with Crippen molar-refractivity contribution in [1.29, 1.82) is 0 Å². The predicted octanol–water partition coefficient (Wildman–Crippen LogP) is 11.1. The van der Waals surface area contributed by atoms with Crippen LogP contribution in [0.25, 0.3) is 0 Å². The first-order valence-electron chi connectivity index (χ1n) is 19.0. The summed E-state index contributed by atoms with van der Waals surface area (Å²) in [7, 11) is 0. The van der Waals surface area contributed by atoms with Gasteiger partial charge in [-0.15, -0.1) is 12.6 Å². The van der Waals surface area contributed by atoms with Crippen molar-refractivity contribution in [3.05, 3.63) is 65.2 Å². The summed E-state index contributed by atoms with van der Waals surface area (Å²) in [5.74, 6) is 6.43. The second-order valence-electron chi connectivity index (χ2n) is 18.2. The lowest BCUT2D eigenvalue weighted by atomic mass is 9.35. The van der Waals surface area contributed by atoms with E-state index in [2.05, 4.69) is 95.8 Å². The van der Waals surface area contributed by atoms with Crippen molar-refractivity contribution in [2.45, 2.75) is 123 Å². The van der Waals surface area contributed by atoms with Crippen molar-refractivity contribution in [3.8, 4) is 0 Å². The van der Waals surface area contributed by atoms with Crippen LogP contribution in [0, 0.1) is 57.2 Å². The van der Waals surface area contributed by atoms with Crippen molar-refractivity contribution in [2.75, 3.05) is 6.54 Å². The average Bonchev–Trinajstić information content (AvgIpc) is 3.68. The maximum Gasteiger partial charge on any atom is 0.154 e. The molecule has 5 aliphatic carbocycles. The molecule has 0 spiro atoms. The van der Waals surface area contributed by atoms with Crippen LogP contribution >= 0.6 is 12.6 Å². The predicted molar refractivity (Wildman–Crippen MR) is 196 cm³/mol. The van der Waals surface area contributed by atoms with Crippen molar-refractivity contribution in [2.24, 2.45) is 67.2 Å². The number of aliphatic imine (C=N–C) groups is 2. The fourth-order valence-corrected chi connectivity index (χ4v) is 13.7. The van der Waals surface area contributed by atoms with E-state index in [0.29, 0.717) is 28.2 Å². The van der Waals surface area contributed by atoms with E-state index in [1.165, 1.54) is 99.5 Å². The van der Waals surface area contributed by atoms with Gasteiger partial charge in [-0.1, -0.05) is 71.4 Å². The van der Waals surface area contributed by atoms with Crippen LogP contribution in [0.2, 0.25) is 0 Å². The number of amidine groups is 1. The van der Waals surface area contributed by atoms with Gasteiger partial charge in [-0.05, 0) is 157 Å². The number of rotatable bonds is 5. The maximum atomic E-state index is 5.02. The first kappa shape index (κ1) is 31.4. The van der Waals surface area contributed by atoms with Crippen LogP contribution < -0.4 is 0 Å². The second-order valence-corrected chi connectivity index (χ2v) is 18.7. The molecule has 6 aliphatic rings. The third-order valence-electron chi connectivity index (χ3n) is 16.0. The van der Waals surface area contributed by atoms with Crippen LogP contribution in [0.1, 0.15) is 122 Å². The van der Waals surface area contributed by atoms with E-state index in [-0.39, 0.29) is 0 Å². The first-order valence-corrected chi connectivity index (χ1v) is 19.4. The Morgan fingerprint density at radius 3 is 2.39 bits per heavy atom. The number of nitrogens with zero attached hydrogens (tertiary/aromatic N) is 2. The molecule has 8 rings (SSSR count). The Hall–Kier alpha value is -1.87. The highest BCUT2D eigenvalue weighted by molar-refractivity contribution is 7.80. The highest BCUT2D eigenvalue weighted by Crippen LogP contribution is 2.73. The molecule has 2 aromatic rings. The Balaban J connectivity index is 0.997. The van der Waals surface area contributed by atoms with Gasteiger partial charge in [-0.3, -0.25) is 4.99 Å². The van der Waals surface area contributed by atoms with Crippen LogP contribution in [0.4, 0.5) is 0 Å². The molecule has 0 saturated heterocycles. The van der Waals surface area contributed by atoms with Crippen molar-refractivity contribution >= 4 is 24.2 Å². The third-order valence-corrected chi connectivity index (χ3v) is 16.3. The summed E-state index contributed by atoms with van der Waals surface area (Å²) in [4.78, 5) is 10.9. The molecule has 1 aliphatic heterocycles. The minimum Gasteiger partial charge on any atom is -0.260 e. The monoisotopic (exact) mass is 634 g/mol. The molecule has 9 unspecified atom stereocenters. The van der Waals surface area contributed by atoms with E-state index in [9.17, 15) is 0 Å². The van der Waals surface area contributed by atoms with Gasteiger partial charge in [0, 0.05) is 22.6 Å². The van der Waals surface area contributed by atoms with Gasteiger partial charge in [0.2, 0.25) is 0 Å². The number of benzene rings is 2. The molecule has 2 aromatic carbocycles. The first-order chi connectivity index (χ1) is 22.0. The fourth-order valence-electron chi connectivity index (χ4n) is 13.6. The van der Waals surface area contributed by atoms with Gasteiger partial charge in [0.1, 0.15) is 0 Å². The van der Waals surface area contributed by atoms with Gasteiger partial charge >= 0.3 is 0 Å². The number of thiol groups is 1. The highest BCUT2D eigenvalue weighted by Gasteiger charge is 2.65. The van der Waals surface area contributed by atoms with E-state index in [0.717, 1.165) is 52.7 Å². The van der Waals surface area contributed by atoms with E-state index >= 15 is 0 Å². The SMILES string of the molecule is CC1CCC2(C)C(CCC3(C)C4CCC5(Cc6cccc(C7=NCC(Cc8ccc(S)cc8)=N7)c6)CCCC5C4CCC32)C1(C)C. The minimum absolute atomic E-state index is 0.488. The molecule has 46 heavy (non-hydrogen) atoms. The topological polar surface area (TPSA) is 24.7 Å². The summed E-state index contributed by atoms with van der Waals surface area (Å²) in [6.45, 7) is 14.1. The third kappa shape index (κ3) is 4.94. The quantitative estimate of drug-likeness (QED) is 0.317. The van der Waals surface area contributed by atoms with Crippen LogP contribution in [0.3, 0.4) is 0 Å². The molecule has 0 radical (unpaired) electrons. The summed E-state index contributed by atoms with van der Waals surface area (Å²) in [6.07, 6.45) is 18.3. The van der Waals surface area contributed by atoms with Crippen molar-refractivity contribution < 1.29 is 0 Å². The smallest absolute Gasteiger partial charge is 0.154 e. The van der Waals surface area contributed by atoms with Gasteiger partial charge in [0.05, 0.1) is 6.54 Å². The molecule has 9 atom stereocenters. The Bertz CT molecular complexity index is 1540. The number of hydrogen-bond donors (Lipinski definition) is 1. The maximum absolute atomic E-state index is 5.02. The highest BCUT2D eigenvalue weighted by atomic mass is 32.1. The summed E-state index contributed by atoms with van der Waals surface area (Å²) < 4.78 is 0. The van der Waals surface area contributed by atoms with E-state index in [1.54, 1.807) is 0 Å². The fraction of sp³-hybridized carbons (Fsp3) is 0.674. The summed E-state index contributed by atoms with van der Waals surface area (Å²) in [5.41, 5.74) is 7.25. The van der Waals surface area contributed by atoms with Crippen LogP contribution in [0.5, 0.6) is 0 Å². The molecule has 246 valence electrons. The van der Waals surface area contributed by atoms with Crippen molar-refractivity contribution in [1.82, 2.24) is 0 Å². The molecule has 3 heteroatoms. The normalized spacial score (nSPS) is 41.1. The molecule has 2 nitrogen and oxygen atoms in total. The lowest BCUT2D eigenvalue weighted by molar-refractivity contribution is -0.204. The van der Waals surface area contributed by atoms with E-state index < -0.39 is 0 Å². The Morgan fingerprint density at radius 1 is 0.761 bits per heavy atom. The van der Waals surface area contributed by atoms with Gasteiger partial charge in [-0.25, -0.2) is 4.99 Å². The summed E-state index contributed by atoms with van der Waals surface area (Å²) in [5, 5.41) is 0. The summed E-state index contributed by atoms with van der Waals surface area (Å²) in [6, 6.07) is 17.8. The van der Waals surface area contributed by atoms with Gasteiger partial charge in [-0.2, -0.15) is 0 Å². The van der Waals surface area contributed by atoms with E-state index in [4.69, 9.17) is 9.98 Å². The average molecular weight is 635 g/mol. The molecule has 0 bridgehead atoms. The molecular formula is C43H58N2S. The lowest BCUT2D eigenvalue weighted by Crippen LogP contribution is -2.62. The van der Waals surface area contributed by atoms with Crippen LogP contribution in [-0.4, -0.2) is 18.1 Å². The minimum atomic E-state index is 0.488. The standard InChI is InChI=1S/C43H58N2S/c1-28-17-21-42(5)37(40(28,2)3)19-22-41(4)35-18-23-43(20-7-10-36(43)34(35)15-16-38(41)42)26-30-8-6-9-31(24-30)39-44-27-32(45-39)25-29-11-13-33(46)14-12-29/h6,8-9,11-14,24,28,34-38,46H,7,10,15-23,25-27H2,1-5H3. The van der Waals surface area contributed by atoms with E-state index in [1.807, 2.05) is 0 Å². The Morgan fingerprint density at radius 2 is 1.57 bits per heavy atom. The van der Waals surface area contributed by atoms with Gasteiger partial charge in [0.15, 0.2) is 5.84 Å². The molecular weight excluding hydrogens is 577 g/mol. The van der Waals surface area contributed by atoms with Gasteiger partial charge < -0.3 is 0 Å². The Labute approximate surface area is 285 Å². The zero-order chi connectivity index (χ0) is 31.9. The summed E-state index contributed by atoms with van der Waals surface area (Å²) >= 11 is 4.44. The second kappa shape index (κ2) is 11.3. The molecule has 5 fully saturated rings. The number of fused-ring (bicyclic) bond motifs is 7. The molecule has 0 amide bonds. The zero-order valence-electron chi connectivity index (χ0n) is 29.3. The molecule has 0 aromatic heterocycles. The van der Waals surface area contributed by atoms with Crippen LogP contribution in [-0.2, 0) is 12.8 Å². The molecule has 1 heterocycles. The van der Waals surface area contributed by atoms with Crippen molar-refractivity contribution in [3.63, 3.8) is 0 Å². The zero-order valence-corrected chi connectivity index (χ0v) is 30.2. The molecule has 5 saturated carbocycles. The van der Waals surface area contributed by atoms with Gasteiger partial charge in [0.25, 0.3) is 0 Å².